The number of nitrogen functional groups attached to an aromatic ring is 1. The predicted octanol–water partition coefficient (Wildman–Crippen LogP) is 3.11. The minimum atomic E-state index is -0.137. The third-order valence-corrected chi connectivity index (χ3v) is 5.80. The van der Waals surface area contributed by atoms with E-state index in [1.807, 2.05) is 47.9 Å². The average Bonchev–Trinajstić information content (AvgIpc) is 2.73. The number of anilines is 1. The second kappa shape index (κ2) is 12.7. The van der Waals surface area contributed by atoms with Crippen LogP contribution in [0.3, 0.4) is 0 Å². The summed E-state index contributed by atoms with van der Waals surface area (Å²) in [5, 5.41) is 7.49. The number of piperidine rings is 1. The summed E-state index contributed by atoms with van der Waals surface area (Å²) in [5.41, 5.74) is 7.31. The molecule has 8 nitrogen and oxygen atoms in total. The fraction of sp³-hybridized carbons (Fsp3) is 0.591. The number of nitrogens with two attached hydrogens (primary N) is 1. The molecule has 2 aliphatic heterocycles. The van der Waals surface area contributed by atoms with Crippen LogP contribution in [-0.4, -0.2) is 73.0 Å². The van der Waals surface area contributed by atoms with Gasteiger partial charge in [0.05, 0.1) is 6.10 Å². The Morgan fingerprint density at radius 2 is 1.53 bits per heavy atom. The number of likely N-dealkylation sites (tertiary alicyclic amines) is 1. The molecule has 3 N–H and O–H groups in total. The predicted molar refractivity (Wildman–Crippen MR) is 131 cm³/mol. The molecule has 2 saturated heterocycles. The van der Waals surface area contributed by atoms with E-state index in [4.69, 9.17) is 15.9 Å². The summed E-state index contributed by atoms with van der Waals surface area (Å²) in [7, 11) is 0. The number of amides is 2. The summed E-state index contributed by atoms with van der Waals surface area (Å²) in [5.74, 6) is 0.231. The first-order chi connectivity index (χ1) is 14.3. The lowest BCUT2D eigenvalue weighted by molar-refractivity contribution is -0.148. The third kappa shape index (κ3) is 7.45. The fourth-order valence-corrected chi connectivity index (χ4v) is 4.08. The van der Waals surface area contributed by atoms with E-state index in [0.717, 1.165) is 31.6 Å². The zero-order valence-electron chi connectivity index (χ0n) is 18.8. The highest BCUT2D eigenvalue weighted by Gasteiger charge is 2.29. The van der Waals surface area contributed by atoms with Crippen LogP contribution in [0.1, 0.15) is 38.7 Å². The van der Waals surface area contributed by atoms with Crippen LogP contribution in [0.4, 0.5) is 10.5 Å². The molecule has 0 atom stereocenters. The van der Waals surface area contributed by atoms with Crippen LogP contribution in [0.2, 0.25) is 0 Å². The minimum Gasteiger partial charge on any atom is -0.463 e. The molecule has 0 saturated carbocycles. The van der Waals surface area contributed by atoms with E-state index in [9.17, 15) is 9.59 Å². The number of esters is 1. The molecular weight excluding hydrogens is 453 g/mol. The molecule has 0 unspecified atom stereocenters. The van der Waals surface area contributed by atoms with E-state index >= 15 is 0 Å². The number of nitrogens with one attached hydrogen (secondary N) is 1. The van der Waals surface area contributed by atoms with Gasteiger partial charge >= 0.3 is 12.0 Å². The second-order valence-corrected chi connectivity index (χ2v) is 8.39. The maximum atomic E-state index is 12.9. The first kappa shape index (κ1) is 27.8. The zero-order chi connectivity index (χ0) is 21.7. The van der Waals surface area contributed by atoms with Crippen molar-refractivity contribution in [1.82, 2.24) is 9.80 Å². The van der Waals surface area contributed by atoms with Crippen molar-refractivity contribution in [3.05, 3.63) is 29.8 Å². The van der Waals surface area contributed by atoms with Gasteiger partial charge in [-0.15, -0.1) is 24.8 Å². The Balaban J connectivity index is 0.00000256. The number of nitrogens with zero attached hydrogens (tertiary/aromatic N) is 3. The number of piperazine rings is 1. The van der Waals surface area contributed by atoms with Gasteiger partial charge in [-0.2, -0.15) is 0 Å². The van der Waals surface area contributed by atoms with Crippen LogP contribution >= 0.6 is 24.8 Å². The molecular formula is C22H35Cl2N5O3. The molecule has 1 aromatic carbocycles. The van der Waals surface area contributed by atoms with Gasteiger partial charge in [-0.25, -0.2) is 4.79 Å². The lowest BCUT2D eigenvalue weighted by atomic mass is 9.94. The van der Waals surface area contributed by atoms with Gasteiger partial charge in [0, 0.05) is 56.9 Å². The summed E-state index contributed by atoms with van der Waals surface area (Å²) >= 11 is 0. The van der Waals surface area contributed by atoms with Gasteiger partial charge in [-0.05, 0) is 56.9 Å². The molecule has 3 rings (SSSR count). The summed E-state index contributed by atoms with van der Waals surface area (Å²) in [4.78, 5) is 30.8. The zero-order valence-corrected chi connectivity index (χ0v) is 20.4. The maximum absolute atomic E-state index is 12.9. The van der Waals surface area contributed by atoms with Crippen LogP contribution in [0.15, 0.2) is 24.3 Å². The molecule has 2 heterocycles. The number of urea groups is 1. The largest absolute Gasteiger partial charge is 0.463 e. The summed E-state index contributed by atoms with van der Waals surface area (Å²) < 4.78 is 5.24. The van der Waals surface area contributed by atoms with Gasteiger partial charge in [-0.3, -0.25) is 10.2 Å². The van der Waals surface area contributed by atoms with E-state index in [-0.39, 0.29) is 48.8 Å². The number of benzene rings is 1. The van der Waals surface area contributed by atoms with E-state index in [0.29, 0.717) is 44.1 Å². The van der Waals surface area contributed by atoms with Crippen molar-refractivity contribution in [2.24, 2.45) is 11.7 Å². The number of carbonyl (C=O) groups excluding carboxylic acids is 2. The molecule has 180 valence electrons. The van der Waals surface area contributed by atoms with Gasteiger partial charge in [0.2, 0.25) is 0 Å². The van der Waals surface area contributed by atoms with E-state index < -0.39 is 0 Å². The SMILES string of the molecule is CC(C)OC(=O)CC1CCN(C(=O)N2CCN(c3ccc(C(=N)N)cc3)CC2)CC1.Cl.Cl. The highest BCUT2D eigenvalue weighted by Crippen LogP contribution is 2.23. The molecule has 0 aromatic heterocycles. The van der Waals surface area contributed by atoms with Gasteiger partial charge in [0.15, 0.2) is 0 Å². The van der Waals surface area contributed by atoms with Crippen LogP contribution in [-0.2, 0) is 9.53 Å². The van der Waals surface area contributed by atoms with Gasteiger partial charge in [0.25, 0.3) is 0 Å². The van der Waals surface area contributed by atoms with E-state index in [2.05, 4.69) is 4.90 Å². The molecule has 0 aliphatic carbocycles. The Morgan fingerprint density at radius 1 is 1.00 bits per heavy atom. The third-order valence-electron chi connectivity index (χ3n) is 5.80. The molecule has 32 heavy (non-hydrogen) atoms. The summed E-state index contributed by atoms with van der Waals surface area (Å²) in [6.45, 7) is 8.06. The number of ether oxygens (including phenoxy) is 1. The Labute approximate surface area is 202 Å². The molecule has 2 amide bonds. The number of hydrogen-bond donors (Lipinski definition) is 2. The van der Waals surface area contributed by atoms with Crippen molar-refractivity contribution in [3.63, 3.8) is 0 Å². The first-order valence-electron chi connectivity index (χ1n) is 10.8. The average molecular weight is 488 g/mol. The highest BCUT2D eigenvalue weighted by molar-refractivity contribution is 5.95. The molecule has 1 aromatic rings. The molecule has 0 radical (unpaired) electrons. The van der Waals surface area contributed by atoms with Crippen LogP contribution in [0.5, 0.6) is 0 Å². The topological polar surface area (TPSA) is 103 Å². The van der Waals surface area contributed by atoms with Crippen LogP contribution < -0.4 is 10.6 Å². The first-order valence-corrected chi connectivity index (χ1v) is 10.8. The second-order valence-electron chi connectivity index (χ2n) is 8.39. The van der Waals surface area contributed by atoms with Gasteiger partial charge < -0.3 is 25.2 Å². The van der Waals surface area contributed by atoms with E-state index in [1.54, 1.807) is 0 Å². The number of hydrogen-bond acceptors (Lipinski definition) is 5. The monoisotopic (exact) mass is 487 g/mol. The van der Waals surface area contributed by atoms with E-state index in [1.165, 1.54) is 0 Å². The number of halogens is 2. The highest BCUT2D eigenvalue weighted by atomic mass is 35.5. The Bertz CT molecular complexity index is 759. The molecule has 10 heteroatoms. The fourth-order valence-electron chi connectivity index (χ4n) is 4.08. The van der Waals surface area contributed by atoms with Crippen molar-refractivity contribution < 1.29 is 14.3 Å². The van der Waals surface area contributed by atoms with Crippen molar-refractivity contribution in [2.45, 2.75) is 39.2 Å². The van der Waals surface area contributed by atoms with Crippen LogP contribution in [0.25, 0.3) is 0 Å². The normalized spacial score (nSPS) is 16.8. The maximum Gasteiger partial charge on any atom is 0.320 e. The standard InChI is InChI=1S/C22H33N5O3.2ClH/c1-16(2)30-20(28)15-17-7-9-26(10-8-17)22(29)27-13-11-25(12-14-27)19-5-3-18(4-6-19)21(23)24;;/h3-6,16-17H,7-15H2,1-2H3,(H3,23,24);2*1H. The Morgan fingerprint density at radius 3 is 2.03 bits per heavy atom. The van der Waals surface area contributed by atoms with Crippen molar-refractivity contribution in [2.75, 3.05) is 44.2 Å². The molecule has 0 bridgehead atoms. The Kier molecular flexibility index (Phi) is 11.1. The minimum absolute atomic E-state index is 0. The van der Waals surface area contributed by atoms with Crippen LogP contribution in [0, 0.1) is 11.3 Å². The molecule has 2 aliphatic rings. The van der Waals surface area contributed by atoms with Crippen molar-refractivity contribution in [1.29, 1.82) is 5.41 Å². The van der Waals surface area contributed by atoms with Gasteiger partial charge in [0.1, 0.15) is 5.84 Å². The number of rotatable bonds is 5. The molecule has 0 spiro atoms. The van der Waals surface area contributed by atoms with Crippen molar-refractivity contribution in [3.8, 4) is 0 Å². The number of carbonyl (C=O) groups is 2. The Hall–Kier alpha value is -2.19. The summed E-state index contributed by atoms with van der Waals surface area (Å²) in [6.07, 6.45) is 2.06. The smallest absolute Gasteiger partial charge is 0.320 e. The quantitative estimate of drug-likeness (QED) is 0.377. The summed E-state index contributed by atoms with van der Waals surface area (Å²) in [6, 6.07) is 7.77. The lowest BCUT2D eigenvalue weighted by Gasteiger charge is -2.40. The van der Waals surface area contributed by atoms with Gasteiger partial charge in [-0.1, -0.05) is 0 Å². The molecule has 2 fully saturated rings. The number of amidine groups is 1. The van der Waals surface area contributed by atoms with Crippen molar-refractivity contribution >= 4 is 48.3 Å². The lowest BCUT2D eigenvalue weighted by Crippen LogP contribution is -2.54.